The van der Waals surface area contributed by atoms with Gasteiger partial charge in [-0.1, -0.05) is 29.3 Å². The van der Waals surface area contributed by atoms with Gasteiger partial charge in [0.2, 0.25) is 0 Å². The number of carbonyl (C=O) groups excluding carboxylic acids is 1. The van der Waals surface area contributed by atoms with Crippen molar-refractivity contribution >= 4 is 40.2 Å². The number of hydrogen-bond acceptors (Lipinski definition) is 4. The van der Waals surface area contributed by atoms with Crippen LogP contribution in [0.25, 0.3) is 22.0 Å². The number of fused-ring (bicyclic) bond motifs is 1. The molecule has 0 unspecified atom stereocenters. The normalized spacial score (nSPS) is 10.9. The first-order valence-corrected chi connectivity index (χ1v) is 12.4. The minimum atomic E-state index is -0.394. The van der Waals surface area contributed by atoms with Crippen molar-refractivity contribution in [2.45, 2.75) is 20.4 Å². The Labute approximate surface area is 220 Å². The molecule has 188 valence electrons. The predicted octanol–water partition coefficient (Wildman–Crippen LogP) is 7.52. The van der Waals surface area contributed by atoms with Crippen molar-refractivity contribution in [3.63, 3.8) is 0 Å². The maximum absolute atomic E-state index is 12.9. The van der Waals surface area contributed by atoms with E-state index in [1.54, 1.807) is 25.2 Å². The molecule has 0 aliphatic rings. The monoisotopic (exact) mass is 526 g/mol. The molecule has 0 spiro atoms. The predicted molar refractivity (Wildman–Crippen MR) is 145 cm³/mol. The molecule has 36 heavy (non-hydrogen) atoms. The maximum Gasteiger partial charge on any atom is 0.415 e. The fourth-order valence-electron chi connectivity index (χ4n) is 4.30. The van der Waals surface area contributed by atoms with E-state index in [-0.39, 0.29) is 0 Å². The summed E-state index contributed by atoms with van der Waals surface area (Å²) >= 11 is 12.4. The van der Waals surface area contributed by atoms with Gasteiger partial charge in [0.05, 0.1) is 14.2 Å². The highest BCUT2D eigenvalue weighted by Crippen LogP contribution is 2.41. The summed E-state index contributed by atoms with van der Waals surface area (Å²) in [5, 5.41) is 2.11. The highest BCUT2D eigenvalue weighted by atomic mass is 35.5. The second-order valence-electron chi connectivity index (χ2n) is 8.20. The Morgan fingerprint density at radius 2 is 1.53 bits per heavy atom. The molecule has 1 aromatic heterocycles. The summed E-state index contributed by atoms with van der Waals surface area (Å²) in [4.78, 5) is 14.5. The summed E-state index contributed by atoms with van der Waals surface area (Å²) in [6, 6.07) is 17.0. The van der Waals surface area contributed by atoms with Crippen LogP contribution >= 0.6 is 23.2 Å². The Hall–Kier alpha value is -3.35. The Bertz CT molecular complexity index is 1380. The van der Waals surface area contributed by atoms with Crippen molar-refractivity contribution in [3.05, 3.63) is 76.4 Å². The first-order valence-electron chi connectivity index (χ1n) is 11.6. The van der Waals surface area contributed by atoms with Crippen LogP contribution in [-0.4, -0.2) is 42.9 Å². The van der Waals surface area contributed by atoms with Crippen LogP contribution in [0.15, 0.2) is 60.8 Å². The summed E-state index contributed by atoms with van der Waals surface area (Å²) in [6.45, 7) is 5.54. The van der Waals surface area contributed by atoms with Gasteiger partial charge in [-0.3, -0.25) is 0 Å². The zero-order valence-corrected chi connectivity index (χ0v) is 22.2. The van der Waals surface area contributed by atoms with E-state index in [4.69, 9.17) is 37.4 Å². The van der Waals surface area contributed by atoms with Crippen molar-refractivity contribution < 1.29 is 19.0 Å². The first kappa shape index (κ1) is 25.7. The third-order valence-corrected chi connectivity index (χ3v) is 6.52. The molecular formula is C28H28Cl2N2O4. The van der Waals surface area contributed by atoms with E-state index < -0.39 is 6.09 Å². The quantitative estimate of drug-likeness (QED) is 0.238. The van der Waals surface area contributed by atoms with Crippen molar-refractivity contribution in [2.75, 3.05) is 27.3 Å². The molecule has 0 radical (unpaired) electrons. The average molecular weight is 527 g/mol. The van der Waals surface area contributed by atoms with Gasteiger partial charge in [-0.15, -0.1) is 0 Å². The fraction of sp³-hybridized carbons (Fsp3) is 0.250. The lowest BCUT2D eigenvalue weighted by molar-refractivity contribution is 0.157. The van der Waals surface area contributed by atoms with Crippen molar-refractivity contribution in [2.24, 2.45) is 0 Å². The number of aromatic nitrogens is 1. The van der Waals surface area contributed by atoms with E-state index in [9.17, 15) is 4.79 Å². The number of halogens is 2. The number of benzene rings is 3. The molecule has 6 nitrogen and oxygen atoms in total. The molecular weight excluding hydrogens is 499 g/mol. The summed E-state index contributed by atoms with van der Waals surface area (Å²) in [5.74, 6) is 1.67. The van der Waals surface area contributed by atoms with Crippen LogP contribution in [0.2, 0.25) is 10.0 Å². The molecule has 4 aromatic rings. The lowest BCUT2D eigenvalue weighted by Crippen LogP contribution is -2.33. The van der Waals surface area contributed by atoms with Crippen LogP contribution in [0.3, 0.4) is 0 Å². The van der Waals surface area contributed by atoms with E-state index in [1.165, 1.54) is 0 Å². The average Bonchev–Trinajstić information content (AvgIpc) is 3.26. The van der Waals surface area contributed by atoms with Crippen LogP contribution in [0, 0.1) is 0 Å². The molecule has 0 aliphatic carbocycles. The lowest BCUT2D eigenvalue weighted by atomic mass is 10.00. The number of methoxy groups -OCH3 is 2. The third-order valence-electron chi connectivity index (χ3n) is 6.08. The third kappa shape index (κ3) is 5.25. The minimum Gasteiger partial charge on any atom is -0.493 e. The molecule has 4 rings (SSSR count). The number of rotatable bonds is 8. The molecule has 3 aromatic carbocycles. The van der Waals surface area contributed by atoms with E-state index in [2.05, 4.69) is 4.57 Å². The number of carbonyl (C=O) groups is 1. The molecule has 1 heterocycles. The molecule has 1 amide bonds. The van der Waals surface area contributed by atoms with Crippen molar-refractivity contribution in [1.29, 1.82) is 0 Å². The first-order chi connectivity index (χ1) is 17.4. The molecule has 8 heteroatoms. The van der Waals surface area contributed by atoms with Crippen LogP contribution < -0.4 is 14.2 Å². The molecule has 0 N–H and O–H groups in total. The minimum absolute atomic E-state index is 0.394. The van der Waals surface area contributed by atoms with Gasteiger partial charge >= 0.3 is 6.09 Å². The van der Waals surface area contributed by atoms with Gasteiger partial charge in [0.25, 0.3) is 0 Å². The molecule has 0 saturated heterocycles. The van der Waals surface area contributed by atoms with Gasteiger partial charge < -0.3 is 23.7 Å². The zero-order valence-electron chi connectivity index (χ0n) is 20.7. The van der Waals surface area contributed by atoms with Gasteiger partial charge in [0.15, 0.2) is 11.5 Å². The number of amides is 1. The number of hydrogen-bond donors (Lipinski definition) is 0. The highest BCUT2D eigenvalue weighted by Gasteiger charge is 2.20. The second kappa shape index (κ2) is 11.1. The molecule has 0 fully saturated rings. The van der Waals surface area contributed by atoms with Crippen LogP contribution in [0.4, 0.5) is 4.79 Å². The van der Waals surface area contributed by atoms with Gasteiger partial charge in [0, 0.05) is 52.3 Å². The molecule has 0 aliphatic heterocycles. The molecule has 0 bridgehead atoms. The molecule has 0 saturated carbocycles. The van der Waals surface area contributed by atoms with Crippen LogP contribution in [0.5, 0.6) is 17.2 Å². The smallest absolute Gasteiger partial charge is 0.415 e. The summed E-state index contributed by atoms with van der Waals surface area (Å²) in [7, 11) is 3.19. The van der Waals surface area contributed by atoms with E-state index in [0.29, 0.717) is 46.9 Å². The van der Waals surface area contributed by atoms with Gasteiger partial charge in [-0.2, -0.15) is 0 Å². The highest BCUT2D eigenvalue weighted by molar-refractivity contribution is 6.34. The summed E-state index contributed by atoms with van der Waals surface area (Å²) < 4.78 is 19.0. The Morgan fingerprint density at radius 1 is 0.861 bits per heavy atom. The fourth-order valence-corrected chi connectivity index (χ4v) is 4.88. The largest absolute Gasteiger partial charge is 0.493 e. The lowest BCUT2D eigenvalue weighted by Gasteiger charge is -2.20. The van der Waals surface area contributed by atoms with E-state index >= 15 is 0 Å². The maximum atomic E-state index is 12.9. The SMILES string of the molecule is CCN(CC)C(=O)Oc1ccc2c(ccn2Cc2cc(Cl)cc(Cl)c2)c1-c1ccc(OC)c(OC)c1. The molecule has 0 atom stereocenters. The standard InChI is InChI=1S/C28H28Cl2N2O4/c1-5-31(6-2)28(33)36-25-10-8-23-22(27(25)19-7-9-24(34-3)26(15-19)35-4)11-12-32(23)17-18-13-20(29)16-21(30)14-18/h7-16H,5-6,17H2,1-4H3. The Kier molecular flexibility index (Phi) is 7.97. The number of ether oxygens (including phenoxy) is 3. The zero-order chi connectivity index (χ0) is 25.8. The van der Waals surface area contributed by atoms with Crippen molar-refractivity contribution in [3.8, 4) is 28.4 Å². The topological polar surface area (TPSA) is 52.9 Å². The van der Waals surface area contributed by atoms with E-state index in [0.717, 1.165) is 27.6 Å². The Balaban J connectivity index is 1.85. The van der Waals surface area contributed by atoms with Crippen LogP contribution in [-0.2, 0) is 6.54 Å². The van der Waals surface area contributed by atoms with Gasteiger partial charge in [0.1, 0.15) is 5.75 Å². The van der Waals surface area contributed by atoms with Gasteiger partial charge in [-0.05, 0) is 73.5 Å². The summed E-state index contributed by atoms with van der Waals surface area (Å²) in [5.41, 5.74) is 3.58. The van der Waals surface area contributed by atoms with Crippen molar-refractivity contribution in [1.82, 2.24) is 9.47 Å². The number of nitrogens with zero attached hydrogens (tertiary/aromatic N) is 2. The van der Waals surface area contributed by atoms with Gasteiger partial charge in [-0.25, -0.2) is 4.79 Å². The second-order valence-corrected chi connectivity index (χ2v) is 9.08. The summed E-state index contributed by atoms with van der Waals surface area (Å²) in [6.07, 6.45) is 1.61. The van der Waals surface area contributed by atoms with E-state index in [1.807, 2.05) is 68.6 Å². The van der Waals surface area contributed by atoms with Crippen LogP contribution in [0.1, 0.15) is 19.4 Å². The Morgan fingerprint density at radius 3 is 2.17 bits per heavy atom.